The maximum Gasteiger partial charge on any atom is 0.472 e. The van der Waals surface area contributed by atoms with E-state index in [0.717, 1.165) is 32.1 Å². The van der Waals surface area contributed by atoms with E-state index in [-0.39, 0.29) is 19.1 Å². The van der Waals surface area contributed by atoms with Crippen molar-refractivity contribution >= 4 is 13.7 Å². The SMILES string of the molecule is CCCCCCCCCCCCCCCC/C=C/[C@@H](O)[C@H](COP(=O)(O)OCC[N+](C)(C)C)NC(=O)CCCCCCCCCCCCCCCCCCCCCCCCCCCCCCCCCC. The van der Waals surface area contributed by atoms with Gasteiger partial charge in [-0.1, -0.05) is 309 Å². The standard InChI is InChI=1S/C61H123N2O6P/c1-6-8-10-12-14-16-18-20-22-24-25-26-27-28-29-30-31-32-33-34-35-36-37-38-39-41-43-45-47-49-51-53-55-61(65)62-59(58-69-70(66,67)68-57-56-63(3,4)5)60(64)54-52-50-48-46-44-42-40-23-21-19-17-15-13-11-9-7-2/h52,54,59-60,64H,6-51,53,55-58H2,1-5H3,(H-,62,65,66,67)/p+1/b54-52+/t59-,60+/m0/s1. The number of likely N-dealkylation sites (N-methyl/N-ethyl adjacent to an activating group) is 1. The minimum atomic E-state index is -4.34. The van der Waals surface area contributed by atoms with Crippen LogP contribution >= 0.6 is 7.82 Å². The molecule has 3 atom stereocenters. The second-order valence-corrected chi connectivity index (χ2v) is 24.3. The van der Waals surface area contributed by atoms with Gasteiger partial charge in [0.2, 0.25) is 5.91 Å². The van der Waals surface area contributed by atoms with Crippen LogP contribution in [0.3, 0.4) is 0 Å². The number of unbranched alkanes of at least 4 members (excludes halogenated alkanes) is 45. The fourth-order valence-corrected chi connectivity index (χ4v) is 10.4. The van der Waals surface area contributed by atoms with Crippen LogP contribution < -0.4 is 5.32 Å². The van der Waals surface area contributed by atoms with Gasteiger partial charge in [-0.3, -0.25) is 13.8 Å². The quantitative estimate of drug-likeness (QED) is 0.0243. The van der Waals surface area contributed by atoms with Gasteiger partial charge in [0, 0.05) is 6.42 Å². The molecular formula is C61H124N2O6P+. The minimum Gasteiger partial charge on any atom is -0.387 e. The number of phosphoric acid groups is 1. The average molecular weight is 1010 g/mol. The molecule has 8 nitrogen and oxygen atoms in total. The Hall–Kier alpha value is -0.760. The first-order chi connectivity index (χ1) is 34.0. The first-order valence-electron chi connectivity index (χ1n) is 31.1. The minimum absolute atomic E-state index is 0.0651. The van der Waals surface area contributed by atoms with E-state index in [1.807, 2.05) is 27.2 Å². The van der Waals surface area contributed by atoms with Crippen molar-refractivity contribution in [1.29, 1.82) is 0 Å². The lowest BCUT2D eigenvalue weighted by Crippen LogP contribution is -2.45. The number of phosphoric ester groups is 1. The lowest BCUT2D eigenvalue weighted by atomic mass is 10.0. The van der Waals surface area contributed by atoms with Crippen LogP contribution in [0.1, 0.15) is 322 Å². The molecule has 0 saturated carbocycles. The summed E-state index contributed by atoms with van der Waals surface area (Å²) in [5.74, 6) is -0.169. The van der Waals surface area contributed by atoms with E-state index < -0.39 is 20.0 Å². The topological polar surface area (TPSA) is 105 Å². The van der Waals surface area contributed by atoms with Crippen LogP contribution in [0.25, 0.3) is 0 Å². The molecule has 9 heteroatoms. The number of aliphatic hydroxyl groups excluding tert-OH is 1. The van der Waals surface area contributed by atoms with Gasteiger partial charge in [-0.2, -0.15) is 0 Å². The van der Waals surface area contributed by atoms with Crippen LogP contribution in [0.15, 0.2) is 12.2 Å². The van der Waals surface area contributed by atoms with Gasteiger partial charge in [-0.05, 0) is 19.3 Å². The fourth-order valence-electron chi connectivity index (χ4n) is 9.63. The summed E-state index contributed by atoms with van der Waals surface area (Å²) in [4.78, 5) is 23.3. The third kappa shape index (κ3) is 55.0. The molecule has 70 heavy (non-hydrogen) atoms. The Balaban J connectivity index is 3.99. The van der Waals surface area contributed by atoms with E-state index in [4.69, 9.17) is 9.05 Å². The predicted octanol–water partition coefficient (Wildman–Crippen LogP) is 19.0. The Kier molecular flexibility index (Phi) is 52.5. The number of allylic oxidation sites excluding steroid dienone is 1. The van der Waals surface area contributed by atoms with E-state index in [0.29, 0.717) is 17.4 Å². The number of hydrogen-bond donors (Lipinski definition) is 3. The molecular weight excluding hydrogens is 888 g/mol. The van der Waals surface area contributed by atoms with Gasteiger partial charge in [0.15, 0.2) is 0 Å². The van der Waals surface area contributed by atoms with Gasteiger partial charge in [0.1, 0.15) is 13.2 Å². The maximum atomic E-state index is 13.0. The Labute approximate surface area is 437 Å². The van der Waals surface area contributed by atoms with Crippen molar-refractivity contribution in [3.05, 3.63) is 12.2 Å². The molecule has 3 N–H and O–H groups in total. The first kappa shape index (κ1) is 69.2. The summed E-state index contributed by atoms with van der Waals surface area (Å²) in [6.45, 7) is 4.87. The number of carbonyl (C=O) groups excluding carboxylic acids is 1. The number of amides is 1. The average Bonchev–Trinajstić information content (AvgIpc) is 3.32. The summed E-state index contributed by atoms with van der Waals surface area (Å²) in [6.07, 6.45) is 66.2. The number of hydrogen-bond acceptors (Lipinski definition) is 5. The molecule has 0 aromatic heterocycles. The number of aliphatic hydroxyl groups is 1. The normalized spacial score (nSPS) is 13.9. The fraction of sp³-hybridized carbons (Fsp3) is 0.951. The zero-order valence-corrected chi connectivity index (χ0v) is 48.7. The summed E-state index contributed by atoms with van der Waals surface area (Å²) < 4.78 is 23.7. The van der Waals surface area contributed by atoms with E-state index in [9.17, 15) is 19.4 Å². The molecule has 418 valence electrons. The van der Waals surface area contributed by atoms with Crippen molar-refractivity contribution in [2.75, 3.05) is 40.9 Å². The van der Waals surface area contributed by atoms with Crippen LogP contribution in [0.4, 0.5) is 0 Å². The smallest absolute Gasteiger partial charge is 0.387 e. The van der Waals surface area contributed by atoms with Crippen LogP contribution in [-0.4, -0.2) is 73.4 Å². The molecule has 0 heterocycles. The first-order valence-corrected chi connectivity index (χ1v) is 32.6. The summed E-state index contributed by atoms with van der Waals surface area (Å²) in [7, 11) is 1.59. The van der Waals surface area contributed by atoms with Gasteiger partial charge in [-0.15, -0.1) is 0 Å². The largest absolute Gasteiger partial charge is 0.472 e. The number of rotatable bonds is 58. The van der Waals surface area contributed by atoms with E-state index in [1.54, 1.807) is 6.08 Å². The van der Waals surface area contributed by atoms with Crippen LogP contribution in [-0.2, 0) is 18.4 Å². The Bertz CT molecular complexity index is 1150. The van der Waals surface area contributed by atoms with Crippen molar-refractivity contribution in [2.24, 2.45) is 0 Å². The molecule has 0 rings (SSSR count). The van der Waals surface area contributed by atoms with Crippen molar-refractivity contribution in [2.45, 2.75) is 334 Å². The maximum absolute atomic E-state index is 13.0. The summed E-state index contributed by atoms with van der Waals surface area (Å²) in [5.41, 5.74) is 0. The van der Waals surface area contributed by atoms with Gasteiger partial charge < -0.3 is 19.8 Å². The Morgan fingerprint density at radius 1 is 0.471 bits per heavy atom. The molecule has 0 aromatic carbocycles. The van der Waals surface area contributed by atoms with Gasteiger partial charge in [-0.25, -0.2) is 4.57 Å². The van der Waals surface area contributed by atoms with Crippen molar-refractivity contribution in [1.82, 2.24) is 5.32 Å². The van der Waals surface area contributed by atoms with Crippen LogP contribution in [0.5, 0.6) is 0 Å². The molecule has 0 aromatic rings. The molecule has 0 fully saturated rings. The van der Waals surface area contributed by atoms with E-state index in [2.05, 4.69) is 19.2 Å². The summed E-state index contributed by atoms with van der Waals surface area (Å²) in [5, 5.41) is 13.9. The van der Waals surface area contributed by atoms with Crippen molar-refractivity contribution in [3.8, 4) is 0 Å². The highest BCUT2D eigenvalue weighted by atomic mass is 31.2. The van der Waals surface area contributed by atoms with Crippen molar-refractivity contribution < 1.29 is 32.9 Å². The third-order valence-corrected chi connectivity index (χ3v) is 15.5. The highest BCUT2D eigenvalue weighted by Crippen LogP contribution is 2.43. The van der Waals surface area contributed by atoms with E-state index >= 15 is 0 Å². The highest BCUT2D eigenvalue weighted by Gasteiger charge is 2.27. The molecule has 0 bridgehead atoms. The molecule has 0 aliphatic heterocycles. The summed E-state index contributed by atoms with van der Waals surface area (Å²) in [6, 6.07) is -0.842. The zero-order chi connectivity index (χ0) is 51.3. The van der Waals surface area contributed by atoms with Gasteiger partial charge >= 0.3 is 7.82 Å². The molecule has 0 spiro atoms. The van der Waals surface area contributed by atoms with Crippen molar-refractivity contribution in [3.63, 3.8) is 0 Å². The predicted molar refractivity (Wildman–Crippen MR) is 305 cm³/mol. The number of quaternary nitrogens is 1. The lowest BCUT2D eigenvalue weighted by molar-refractivity contribution is -0.870. The van der Waals surface area contributed by atoms with Crippen LogP contribution in [0.2, 0.25) is 0 Å². The van der Waals surface area contributed by atoms with Gasteiger partial charge in [0.25, 0.3) is 0 Å². The number of nitrogens with zero attached hydrogens (tertiary/aromatic N) is 1. The van der Waals surface area contributed by atoms with E-state index in [1.165, 1.54) is 270 Å². The monoisotopic (exact) mass is 1010 g/mol. The molecule has 0 saturated heterocycles. The second kappa shape index (κ2) is 53.1. The Morgan fingerprint density at radius 2 is 0.757 bits per heavy atom. The van der Waals surface area contributed by atoms with Crippen LogP contribution in [0, 0.1) is 0 Å². The molecule has 0 radical (unpaired) electrons. The molecule has 1 unspecified atom stereocenters. The highest BCUT2D eigenvalue weighted by molar-refractivity contribution is 7.47. The number of nitrogens with one attached hydrogen (secondary N) is 1. The molecule has 0 aliphatic carbocycles. The second-order valence-electron chi connectivity index (χ2n) is 22.8. The lowest BCUT2D eigenvalue weighted by Gasteiger charge is -2.25. The third-order valence-electron chi connectivity index (χ3n) is 14.5. The zero-order valence-electron chi connectivity index (χ0n) is 47.8. The molecule has 0 aliphatic rings. The summed E-state index contributed by atoms with van der Waals surface area (Å²) >= 11 is 0. The molecule has 1 amide bonds. The number of carbonyl (C=O) groups is 1. The van der Waals surface area contributed by atoms with Gasteiger partial charge in [0.05, 0.1) is 39.9 Å². The Morgan fingerprint density at radius 3 is 1.06 bits per heavy atom.